The number of hydrogen-bond donors (Lipinski definition) is 2. The van der Waals surface area contributed by atoms with Crippen molar-refractivity contribution >= 4 is 31.9 Å². The summed E-state index contributed by atoms with van der Waals surface area (Å²) in [5, 5.41) is 9.85. The second-order valence-corrected chi connectivity index (χ2v) is 12.7. The van der Waals surface area contributed by atoms with Crippen molar-refractivity contribution in [3.63, 3.8) is 0 Å². The van der Waals surface area contributed by atoms with E-state index in [1.807, 2.05) is 0 Å². The van der Waals surface area contributed by atoms with Crippen LogP contribution in [0.1, 0.15) is 63.2 Å². The number of benzene rings is 1. The summed E-state index contributed by atoms with van der Waals surface area (Å²) in [6.07, 6.45) is 2.82. The van der Waals surface area contributed by atoms with Gasteiger partial charge in [0.1, 0.15) is 21.4 Å². The fraction of sp³-hybridized carbons (Fsp3) is 0.600. The maximum atomic E-state index is 13.3. The van der Waals surface area contributed by atoms with E-state index >= 15 is 0 Å². The Bertz CT molecular complexity index is 1100. The molecule has 1 aromatic carbocycles. The van der Waals surface area contributed by atoms with E-state index in [0.717, 1.165) is 37.7 Å². The Morgan fingerprint density at radius 1 is 1.09 bits per heavy atom. The fourth-order valence-electron chi connectivity index (χ4n) is 3.77. The van der Waals surface area contributed by atoms with Gasteiger partial charge < -0.3 is 9.84 Å². The Hall–Kier alpha value is -2.02. The van der Waals surface area contributed by atoms with Crippen LogP contribution in [0.5, 0.6) is 0 Å². The van der Waals surface area contributed by atoms with Crippen LogP contribution in [0.25, 0.3) is 0 Å². The summed E-state index contributed by atoms with van der Waals surface area (Å²) in [4.78, 5) is 25.5. The molecule has 1 aromatic rings. The molecule has 1 unspecified atom stereocenters. The van der Waals surface area contributed by atoms with Crippen LogP contribution >= 0.6 is 0 Å². The highest BCUT2D eigenvalue weighted by atomic mass is 32.2. The molecule has 12 heteroatoms. The molecule has 0 heterocycles. The largest absolute Gasteiger partial charge is 0.534 e. The van der Waals surface area contributed by atoms with Gasteiger partial charge in [0.15, 0.2) is 9.84 Å². The molecule has 2 N–H and O–H groups in total. The molecule has 0 aliphatic heterocycles. The van der Waals surface area contributed by atoms with Gasteiger partial charge >= 0.3 is 12.1 Å². The number of ether oxygens (including phenoxy) is 1. The number of carboxylic acid groups (broad SMARTS) is 1. The number of hydrogen-bond acceptors (Lipinski definition) is 7. The minimum Gasteiger partial charge on any atom is -0.456 e. The van der Waals surface area contributed by atoms with Crippen LogP contribution in [-0.2, 0) is 24.6 Å². The molecule has 10 nitrogen and oxygen atoms in total. The Morgan fingerprint density at radius 2 is 1.66 bits per heavy atom. The molecule has 32 heavy (non-hydrogen) atoms. The molecule has 0 saturated heterocycles. The van der Waals surface area contributed by atoms with E-state index in [4.69, 9.17) is 4.74 Å². The number of sulfone groups is 1. The standard InChI is InChI=1S/C20H30N2O8S2/c1-20(2,3)30-18(23)15-12-9-13-16(17(15)31(5,26)27)32(28,29)21-22(4,19(24)25)14-10-7-6-8-11-14/h9,12-14,21H,6-8,10-11H2,1-5H3/p+1. The summed E-state index contributed by atoms with van der Waals surface area (Å²) in [5.41, 5.74) is -1.38. The first-order valence-corrected chi connectivity index (χ1v) is 13.6. The highest BCUT2D eigenvalue weighted by Crippen LogP contribution is 2.30. The van der Waals surface area contributed by atoms with Gasteiger partial charge in [0.2, 0.25) is 0 Å². The summed E-state index contributed by atoms with van der Waals surface area (Å²) in [6.45, 7) is 4.77. The number of esters is 1. The molecular formula is C20H31N2O8S2+. The molecule has 0 bridgehead atoms. The lowest BCUT2D eigenvalue weighted by Gasteiger charge is -2.37. The topological polar surface area (TPSA) is 144 Å². The Morgan fingerprint density at radius 3 is 2.12 bits per heavy atom. The first-order valence-electron chi connectivity index (χ1n) is 10.2. The van der Waals surface area contributed by atoms with E-state index in [9.17, 15) is 31.5 Å². The number of amides is 1. The number of quaternary nitrogens is 1. The first-order chi connectivity index (χ1) is 14.5. The minimum atomic E-state index is -4.67. The summed E-state index contributed by atoms with van der Waals surface area (Å²) in [7, 11) is -7.66. The van der Waals surface area contributed by atoms with Gasteiger partial charge in [-0.05, 0) is 50.6 Å². The van der Waals surface area contributed by atoms with Crippen molar-refractivity contribution in [1.82, 2.24) is 4.83 Å². The molecule has 1 amide bonds. The van der Waals surface area contributed by atoms with Crippen molar-refractivity contribution in [3.8, 4) is 0 Å². The van der Waals surface area contributed by atoms with Crippen molar-refractivity contribution in [2.45, 2.75) is 74.3 Å². The van der Waals surface area contributed by atoms with Gasteiger partial charge in [-0.2, -0.15) is 4.79 Å². The maximum Gasteiger partial charge on any atom is 0.534 e. The molecule has 0 spiro atoms. The number of carbonyl (C=O) groups excluding carboxylic acids is 1. The lowest BCUT2D eigenvalue weighted by Crippen LogP contribution is -2.65. The van der Waals surface area contributed by atoms with Crippen LogP contribution in [0.15, 0.2) is 28.0 Å². The molecule has 1 aliphatic carbocycles. The monoisotopic (exact) mass is 491 g/mol. The first kappa shape index (κ1) is 26.2. The number of carbonyl (C=O) groups is 2. The smallest absolute Gasteiger partial charge is 0.456 e. The second kappa shape index (κ2) is 9.08. The van der Waals surface area contributed by atoms with Gasteiger partial charge in [-0.15, -0.1) is 4.59 Å². The summed E-state index contributed by atoms with van der Waals surface area (Å²) in [6, 6.07) is 2.88. The van der Waals surface area contributed by atoms with Gasteiger partial charge in [-0.3, -0.25) is 0 Å². The van der Waals surface area contributed by atoms with Crippen LogP contribution in [0.3, 0.4) is 0 Å². The maximum absolute atomic E-state index is 13.3. The molecule has 0 aromatic heterocycles. The van der Waals surface area contributed by atoms with Crippen molar-refractivity contribution < 1.29 is 40.9 Å². The highest BCUT2D eigenvalue weighted by Gasteiger charge is 2.46. The fourth-order valence-corrected chi connectivity index (χ4v) is 6.97. The quantitative estimate of drug-likeness (QED) is 0.351. The molecule has 1 saturated carbocycles. The van der Waals surface area contributed by atoms with E-state index in [1.54, 1.807) is 20.8 Å². The average molecular weight is 492 g/mol. The van der Waals surface area contributed by atoms with Gasteiger partial charge in [0, 0.05) is 19.1 Å². The molecule has 1 fully saturated rings. The predicted molar refractivity (Wildman–Crippen MR) is 116 cm³/mol. The summed E-state index contributed by atoms with van der Waals surface area (Å²) < 4.78 is 56.0. The van der Waals surface area contributed by atoms with Crippen LogP contribution in [0, 0.1) is 0 Å². The van der Waals surface area contributed by atoms with E-state index in [-0.39, 0.29) is 0 Å². The molecule has 1 aliphatic rings. The lowest BCUT2D eigenvalue weighted by molar-refractivity contribution is -0.894. The van der Waals surface area contributed by atoms with Crippen molar-refractivity contribution in [2.75, 3.05) is 13.3 Å². The predicted octanol–water partition coefficient (Wildman–Crippen LogP) is 2.70. The molecule has 180 valence electrons. The van der Waals surface area contributed by atoms with E-state index in [2.05, 4.69) is 4.83 Å². The molecule has 2 rings (SSSR count). The third kappa shape index (κ3) is 5.85. The lowest BCUT2D eigenvalue weighted by atomic mass is 9.94. The zero-order valence-corrected chi connectivity index (χ0v) is 20.5. The molecule has 0 radical (unpaired) electrons. The molecule has 1 atom stereocenters. The van der Waals surface area contributed by atoms with Crippen LogP contribution in [0.4, 0.5) is 4.79 Å². The number of nitrogens with one attached hydrogen (secondary N) is 1. The van der Waals surface area contributed by atoms with Gasteiger partial charge in [-0.25, -0.2) is 21.6 Å². The van der Waals surface area contributed by atoms with Crippen LogP contribution < -0.4 is 4.83 Å². The molecular weight excluding hydrogens is 460 g/mol. The van der Waals surface area contributed by atoms with Crippen molar-refractivity contribution in [2.24, 2.45) is 0 Å². The number of sulfonamides is 1. The minimum absolute atomic E-state index is 0.438. The third-order valence-electron chi connectivity index (χ3n) is 5.27. The van der Waals surface area contributed by atoms with Gasteiger partial charge in [0.25, 0.3) is 10.0 Å². The number of nitrogens with zero attached hydrogens (tertiary/aromatic N) is 1. The Labute approximate surface area is 189 Å². The van der Waals surface area contributed by atoms with E-state index in [0.29, 0.717) is 12.8 Å². The normalized spacial score (nSPS) is 18.0. The SMILES string of the molecule is CC(C)(C)OC(=O)c1cccc(S(=O)(=O)N[N+](C)(C(=O)O)C2CCCCC2)c1S(C)(=O)=O. The summed E-state index contributed by atoms with van der Waals surface area (Å²) >= 11 is 0. The number of rotatable bonds is 6. The van der Waals surface area contributed by atoms with Crippen LogP contribution in [0.2, 0.25) is 0 Å². The van der Waals surface area contributed by atoms with Gasteiger partial charge in [-0.1, -0.05) is 12.5 Å². The Kier molecular flexibility index (Phi) is 7.45. The van der Waals surface area contributed by atoms with Gasteiger partial charge in [0.05, 0.1) is 12.6 Å². The van der Waals surface area contributed by atoms with Crippen molar-refractivity contribution in [3.05, 3.63) is 23.8 Å². The zero-order chi connectivity index (χ0) is 24.5. The summed E-state index contributed by atoms with van der Waals surface area (Å²) in [5.74, 6) is -1.00. The third-order valence-corrected chi connectivity index (χ3v) is 8.12. The van der Waals surface area contributed by atoms with E-state index in [1.165, 1.54) is 13.1 Å². The Balaban J connectivity index is 2.63. The zero-order valence-electron chi connectivity index (χ0n) is 18.9. The highest BCUT2D eigenvalue weighted by molar-refractivity contribution is 7.93. The van der Waals surface area contributed by atoms with Crippen molar-refractivity contribution in [1.29, 1.82) is 0 Å². The second-order valence-electron chi connectivity index (χ2n) is 9.15. The van der Waals surface area contributed by atoms with Crippen LogP contribution in [-0.4, -0.2) is 63.5 Å². The van der Waals surface area contributed by atoms with E-state index < -0.39 is 63.5 Å². The average Bonchev–Trinajstić information content (AvgIpc) is 2.65.